The predicted molar refractivity (Wildman–Crippen MR) is 93.2 cm³/mol. The number of nitrogens with one attached hydrogen (secondary N) is 3. The van der Waals surface area contributed by atoms with Crippen LogP contribution in [-0.2, 0) is 6.54 Å². The van der Waals surface area contributed by atoms with E-state index in [-0.39, 0.29) is 0 Å². The molecule has 0 spiro atoms. The minimum absolute atomic E-state index is 0.360. The van der Waals surface area contributed by atoms with Gasteiger partial charge in [-0.2, -0.15) is 0 Å². The molecule has 2 atom stereocenters. The van der Waals surface area contributed by atoms with Gasteiger partial charge in [-0.1, -0.05) is 42.0 Å². The van der Waals surface area contributed by atoms with E-state index in [1.165, 1.54) is 16.7 Å². The van der Waals surface area contributed by atoms with Crippen LogP contribution in [0.5, 0.6) is 5.75 Å². The highest BCUT2D eigenvalue weighted by molar-refractivity contribution is 5.27. The number of aryl methyl sites for hydroxylation is 1. The molecule has 23 heavy (non-hydrogen) atoms. The summed E-state index contributed by atoms with van der Waals surface area (Å²) in [5.74, 6) is 1.44. The van der Waals surface area contributed by atoms with Crippen molar-refractivity contribution >= 4 is 0 Å². The van der Waals surface area contributed by atoms with Crippen molar-refractivity contribution in [1.29, 1.82) is 0 Å². The van der Waals surface area contributed by atoms with Crippen molar-refractivity contribution in [2.75, 3.05) is 20.2 Å². The van der Waals surface area contributed by atoms with Crippen LogP contribution < -0.4 is 20.9 Å². The summed E-state index contributed by atoms with van der Waals surface area (Å²) in [5.41, 5.74) is 10.6. The Bertz CT molecular complexity index is 610. The number of hydrogen-bond acceptors (Lipinski definition) is 4. The molecule has 1 saturated heterocycles. The molecule has 0 radical (unpaired) electrons. The fraction of sp³-hybridized carbons (Fsp3) is 0.368. The first kappa shape index (κ1) is 16.0. The highest BCUT2D eigenvalue weighted by Crippen LogP contribution is 2.24. The summed E-state index contributed by atoms with van der Waals surface area (Å²) in [6.45, 7) is 4.96. The van der Waals surface area contributed by atoms with Crippen molar-refractivity contribution in [2.24, 2.45) is 5.92 Å². The van der Waals surface area contributed by atoms with E-state index in [9.17, 15) is 0 Å². The second-order valence-electron chi connectivity index (χ2n) is 6.15. The van der Waals surface area contributed by atoms with Crippen molar-refractivity contribution in [2.45, 2.75) is 19.5 Å². The van der Waals surface area contributed by atoms with Gasteiger partial charge in [-0.15, -0.1) is 0 Å². The molecule has 4 heteroatoms. The third-order valence-corrected chi connectivity index (χ3v) is 4.42. The van der Waals surface area contributed by atoms with Gasteiger partial charge >= 0.3 is 0 Å². The molecule has 0 saturated carbocycles. The van der Waals surface area contributed by atoms with Crippen molar-refractivity contribution in [1.82, 2.24) is 16.2 Å². The summed E-state index contributed by atoms with van der Waals surface area (Å²) >= 11 is 0. The molecule has 0 amide bonds. The Morgan fingerprint density at radius 3 is 2.52 bits per heavy atom. The third kappa shape index (κ3) is 4.10. The van der Waals surface area contributed by atoms with Crippen molar-refractivity contribution in [3.8, 4) is 5.75 Å². The zero-order valence-corrected chi connectivity index (χ0v) is 13.8. The summed E-state index contributed by atoms with van der Waals surface area (Å²) < 4.78 is 5.19. The summed E-state index contributed by atoms with van der Waals surface area (Å²) in [4.78, 5) is 0. The van der Waals surface area contributed by atoms with E-state index in [1.54, 1.807) is 7.11 Å². The molecule has 0 aliphatic carbocycles. The molecule has 3 rings (SSSR count). The van der Waals surface area contributed by atoms with Gasteiger partial charge in [0, 0.05) is 25.6 Å². The van der Waals surface area contributed by atoms with Crippen LogP contribution in [0.25, 0.3) is 0 Å². The summed E-state index contributed by atoms with van der Waals surface area (Å²) in [6, 6.07) is 17.4. The normalized spacial score (nSPS) is 20.6. The fourth-order valence-electron chi connectivity index (χ4n) is 3.00. The molecule has 0 bridgehead atoms. The number of ether oxygens (including phenoxy) is 1. The second-order valence-corrected chi connectivity index (χ2v) is 6.15. The van der Waals surface area contributed by atoms with E-state index in [0.29, 0.717) is 12.0 Å². The van der Waals surface area contributed by atoms with E-state index < -0.39 is 0 Å². The van der Waals surface area contributed by atoms with Crippen LogP contribution in [0.2, 0.25) is 0 Å². The van der Waals surface area contributed by atoms with Crippen molar-refractivity contribution in [3.05, 3.63) is 65.2 Å². The number of rotatable bonds is 6. The molecule has 4 nitrogen and oxygen atoms in total. The first-order valence-corrected chi connectivity index (χ1v) is 8.15. The van der Waals surface area contributed by atoms with Crippen molar-refractivity contribution in [3.63, 3.8) is 0 Å². The molecule has 2 unspecified atom stereocenters. The largest absolute Gasteiger partial charge is 0.497 e. The molecular formula is C19H25N3O. The molecule has 2 aromatic carbocycles. The second kappa shape index (κ2) is 7.59. The lowest BCUT2D eigenvalue weighted by atomic mass is 9.94. The minimum Gasteiger partial charge on any atom is -0.497 e. The SMILES string of the molecule is COc1ccc(CNCC2CNNC2c2ccc(C)cc2)cc1. The van der Waals surface area contributed by atoms with E-state index >= 15 is 0 Å². The van der Waals surface area contributed by atoms with Crippen LogP contribution >= 0.6 is 0 Å². The Hall–Kier alpha value is -1.88. The molecule has 122 valence electrons. The van der Waals surface area contributed by atoms with Gasteiger partial charge in [-0.05, 0) is 30.2 Å². The number of benzene rings is 2. The van der Waals surface area contributed by atoms with Crippen LogP contribution in [0.4, 0.5) is 0 Å². The van der Waals surface area contributed by atoms with Crippen LogP contribution in [0.3, 0.4) is 0 Å². The Kier molecular flexibility index (Phi) is 5.28. The maximum atomic E-state index is 5.19. The van der Waals surface area contributed by atoms with Crippen LogP contribution in [0.15, 0.2) is 48.5 Å². The van der Waals surface area contributed by atoms with E-state index in [2.05, 4.69) is 59.5 Å². The van der Waals surface area contributed by atoms with Crippen LogP contribution in [-0.4, -0.2) is 20.2 Å². The molecule has 1 aliphatic heterocycles. The quantitative estimate of drug-likeness (QED) is 0.767. The summed E-state index contributed by atoms with van der Waals surface area (Å²) in [7, 11) is 1.69. The lowest BCUT2D eigenvalue weighted by molar-refractivity contribution is 0.414. The molecular weight excluding hydrogens is 286 g/mol. The number of hydrazine groups is 1. The number of hydrogen-bond donors (Lipinski definition) is 3. The topological polar surface area (TPSA) is 45.3 Å². The zero-order chi connectivity index (χ0) is 16.1. The van der Waals surface area contributed by atoms with E-state index in [1.807, 2.05) is 12.1 Å². The van der Waals surface area contributed by atoms with E-state index in [4.69, 9.17) is 4.74 Å². The Morgan fingerprint density at radius 2 is 1.83 bits per heavy atom. The Labute approximate surface area is 138 Å². The maximum Gasteiger partial charge on any atom is 0.118 e. The van der Waals surface area contributed by atoms with Crippen molar-refractivity contribution < 1.29 is 4.74 Å². The summed E-state index contributed by atoms with van der Waals surface area (Å²) in [5, 5.41) is 3.57. The van der Waals surface area contributed by atoms with Gasteiger partial charge in [0.25, 0.3) is 0 Å². The van der Waals surface area contributed by atoms with Gasteiger partial charge in [0.1, 0.15) is 5.75 Å². The Balaban J connectivity index is 1.53. The smallest absolute Gasteiger partial charge is 0.118 e. The van der Waals surface area contributed by atoms with Gasteiger partial charge in [0.2, 0.25) is 0 Å². The van der Waals surface area contributed by atoms with E-state index in [0.717, 1.165) is 25.4 Å². The van der Waals surface area contributed by atoms with Gasteiger partial charge in [0.05, 0.1) is 13.2 Å². The standard InChI is InChI=1S/C19H25N3O/c1-14-3-7-16(8-4-14)19-17(13-21-22-19)12-20-11-15-5-9-18(23-2)10-6-15/h3-10,17,19-22H,11-13H2,1-2H3. The average Bonchev–Trinajstić information content (AvgIpc) is 3.05. The molecule has 1 fully saturated rings. The first-order chi connectivity index (χ1) is 11.3. The first-order valence-electron chi connectivity index (χ1n) is 8.15. The predicted octanol–water partition coefficient (Wildman–Crippen LogP) is 2.56. The Morgan fingerprint density at radius 1 is 1.09 bits per heavy atom. The van der Waals surface area contributed by atoms with Gasteiger partial charge in [-0.25, -0.2) is 5.43 Å². The highest BCUT2D eigenvalue weighted by atomic mass is 16.5. The highest BCUT2D eigenvalue weighted by Gasteiger charge is 2.27. The van der Waals surface area contributed by atoms with Crippen LogP contribution in [0.1, 0.15) is 22.7 Å². The zero-order valence-electron chi connectivity index (χ0n) is 13.8. The average molecular weight is 311 g/mol. The molecule has 1 aliphatic rings. The molecule has 1 heterocycles. The fourth-order valence-corrected chi connectivity index (χ4v) is 3.00. The minimum atomic E-state index is 0.360. The lowest BCUT2D eigenvalue weighted by Gasteiger charge is -2.19. The lowest BCUT2D eigenvalue weighted by Crippen LogP contribution is -2.28. The van der Waals surface area contributed by atoms with Gasteiger partial charge in [-0.3, -0.25) is 5.43 Å². The van der Waals surface area contributed by atoms with Gasteiger partial charge in [0.15, 0.2) is 0 Å². The van der Waals surface area contributed by atoms with Gasteiger partial charge < -0.3 is 10.1 Å². The molecule has 0 aromatic heterocycles. The summed E-state index contributed by atoms with van der Waals surface area (Å²) in [6.07, 6.45) is 0. The number of methoxy groups -OCH3 is 1. The maximum absolute atomic E-state index is 5.19. The molecule has 3 N–H and O–H groups in total. The van der Waals surface area contributed by atoms with Crippen LogP contribution in [0, 0.1) is 12.8 Å². The monoisotopic (exact) mass is 311 g/mol. The molecule has 2 aromatic rings. The third-order valence-electron chi connectivity index (χ3n) is 4.42.